The van der Waals surface area contributed by atoms with E-state index in [-0.39, 0.29) is 0 Å². The van der Waals surface area contributed by atoms with Crippen LogP contribution in [0.2, 0.25) is 0 Å². The van der Waals surface area contributed by atoms with Crippen LogP contribution in [0.25, 0.3) is 0 Å². The first-order valence-corrected chi connectivity index (χ1v) is 7.47. The first-order chi connectivity index (χ1) is 11.5. The van der Waals surface area contributed by atoms with Gasteiger partial charge in [-0.1, -0.05) is 24.1 Å². The first-order valence-electron chi connectivity index (χ1n) is 7.47. The molecule has 0 saturated carbocycles. The van der Waals surface area contributed by atoms with Gasteiger partial charge in [-0.3, -0.25) is 0 Å². The van der Waals surface area contributed by atoms with Gasteiger partial charge in [0.1, 0.15) is 5.75 Å². The Morgan fingerprint density at radius 2 is 2.04 bits per heavy atom. The number of rotatable bonds is 5. The molecule has 1 atom stereocenters. The fourth-order valence-electron chi connectivity index (χ4n) is 2.03. The predicted octanol–water partition coefficient (Wildman–Crippen LogP) is 2.87. The van der Waals surface area contributed by atoms with Gasteiger partial charge in [0.15, 0.2) is 0 Å². The summed E-state index contributed by atoms with van der Waals surface area (Å²) in [6.45, 7) is 0.305. The van der Waals surface area contributed by atoms with Crippen LogP contribution in [0.3, 0.4) is 0 Å². The molecule has 0 bridgehead atoms. The zero-order valence-electron chi connectivity index (χ0n) is 13.7. The highest BCUT2D eigenvalue weighted by molar-refractivity contribution is 5.70. The molecule has 24 heavy (non-hydrogen) atoms. The van der Waals surface area contributed by atoms with Gasteiger partial charge in [-0.15, -0.1) is 6.42 Å². The summed E-state index contributed by atoms with van der Waals surface area (Å²) < 4.78 is 5.19. The molecule has 2 rings (SSSR count). The fourth-order valence-corrected chi connectivity index (χ4v) is 2.03. The first kappa shape index (κ1) is 17.4. The molecule has 1 unspecified atom stereocenters. The summed E-state index contributed by atoms with van der Waals surface area (Å²) in [5.41, 5.74) is 2.26. The van der Waals surface area contributed by atoms with Crippen molar-refractivity contribution in [3.63, 3.8) is 0 Å². The number of anilines is 1. The third-order valence-corrected chi connectivity index (χ3v) is 3.34. The summed E-state index contributed by atoms with van der Waals surface area (Å²) in [5.74, 6) is 2.95. The zero-order chi connectivity index (χ0) is 17.5. The van der Waals surface area contributed by atoms with Crippen LogP contribution in [-0.2, 0) is 0 Å². The second-order valence-corrected chi connectivity index (χ2v) is 5.46. The molecule has 5 nitrogen and oxygen atoms in total. The Hall–Kier alpha value is -2.97. The highest BCUT2D eigenvalue weighted by Gasteiger charge is 2.11. The van der Waals surface area contributed by atoms with E-state index in [0.717, 1.165) is 11.3 Å². The minimum atomic E-state index is -0.752. The van der Waals surface area contributed by atoms with Gasteiger partial charge in [0.05, 0.1) is 6.10 Å². The number of aliphatic hydroxyl groups excluding tert-OH is 1. The minimum absolute atomic E-state index is 0.305. The third kappa shape index (κ3) is 4.77. The number of nitrogens with zero attached hydrogens (tertiary/aromatic N) is 1. The van der Waals surface area contributed by atoms with Crippen molar-refractivity contribution in [3.8, 4) is 18.1 Å². The van der Waals surface area contributed by atoms with E-state index in [1.54, 1.807) is 38.4 Å². The molecule has 2 aromatic rings. The van der Waals surface area contributed by atoms with Crippen molar-refractivity contribution in [3.05, 3.63) is 59.7 Å². The van der Waals surface area contributed by atoms with Crippen molar-refractivity contribution in [2.45, 2.75) is 6.10 Å². The Labute approximate surface area is 141 Å². The predicted molar refractivity (Wildman–Crippen MR) is 94.0 cm³/mol. The molecular weight excluding hydrogens is 304 g/mol. The quantitative estimate of drug-likeness (QED) is 0.830. The van der Waals surface area contributed by atoms with Crippen molar-refractivity contribution >= 4 is 11.8 Å². The molecule has 0 aliphatic heterocycles. The van der Waals surface area contributed by atoms with Crippen molar-refractivity contribution < 1.29 is 14.6 Å². The molecule has 0 fully saturated rings. The Morgan fingerprint density at radius 1 is 1.29 bits per heavy atom. The molecule has 124 valence electrons. The van der Waals surface area contributed by atoms with Crippen LogP contribution in [0.4, 0.5) is 10.5 Å². The number of ether oxygens (including phenoxy) is 1. The van der Waals surface area contributed by atoms with Gasteiger partial charge >= 0.3 is 6.09 Å². The second-order valence-electron chi connectivity index (χ2n) is 5.46. The number of hydrogen-bond acceptors (Lipinski definition) is 4. The minimum Gasteiger partial charge on any atom is -0.410 e. The van der Waals surface area contributed by atoms with Gasteiger partial charge in [-0.05, 0) is 35.9 Å². The molecule has 5 heteroatoms. The molecule has 0 aliphatic rings. The standard InChI is InChI=1S/C19H20N2O3/c1-4-14-7-5-9-16(11-14)20-13-18(22)15-8-6-10-17(12-15)24-19(23)21(2)3/h1,5-12,18,20,22H,13H2,2-3H3. The van der Waals surface area contributed by atoms with Crippen LogP contribution < -0.4 is 10.1 Å². The van der Waals surface area contributed by atoms with E-state index < -0.39 is 12.2 Å². The van der Waals surface area contributed by atoms with Crippen LogP contribution in [0, 0.1) is 12.3 Å². The normalized spacial score (nSPS) is 11.2. The molecule has 2 N–H and O–H groups in total. The number of hydrogen-bond donors (Lipinski definition) is 2. The largest absolute Gasteiger partial charge is 0.414 e. The average Bonchev–Trinajstić information content (AvgIpc) is 2.60. The third-order valence-electron chi connectivity index (χ3n) is 3.34. The van der Waals surface area contributed by atoms with Gasteiger partial charge in [-0.25, -0.2) is 4.79 Å². The molecule has 2 aromatic carbocycles. The summed E-state index contributed by atoms with van der Waals surface area (Å²) >= 11 is 0. The fraction of sp³-hybridized carbons (Fsp3) is 0.211. The molecule has 0 heterocycles. The van der Waals surface area contributed by atoms with E-state index in [4.69, 9.17) is 11.2 Å². The number of nitrogens with one attached hydrogen (secondary N) is 1. The zero-order valence-corrected chi connectivity index (χ0v) is 13.7. The van der Waals surface area contributed by atoms with Gasteiger partial charge in [0, 0.05) is 31.9 Å². The highest BCUT2D eigenvalue weighted by atomic mass is 16.6. The number of terminal acetylenes is 1. The maximum absolute atomic E-state index is 11.6. The van der Waals surface area contributed by atoms with Crippen molar-refractivity contribution in [2.75, 3.05) is 26.0 Å². The van der Waals surface area contributed by atoms with Gasteiger partial charge in [0.2, 0.25) is 0 Å². The molecule has 0 aromatic heterocycles. The van der Waals surface area contributed by atoms with E-state index >= 15 is 0 Å². The SMILES string of the molecule is C#Cc1cccc(NCC(O)c2cccc(OC(=O)N(C)C)c2)c1. The van der Waals surface area contributed by atoms with Gasteiger partial charge < -0.3 is 20.1 Å². The number of carbonyl (C=O) groups is 1. The van der Waals surface area contributed by atoms with Gasteiger partial charge in [0.25, 0.3) is 0 Å². The van der Waals surface area contributed by atoms with Gasteiger partial charge in [-0.2, -0.15) is 0 Å². The topological polar surface area (TPSA) is 61.8 Å². The van der Waals surface area contributed by atoms with E-state index in [1.807, 2.05) is 24.3 Å². The summed E-state index contributed by atoms with van der Waals surface area (Å²) in [4.78, 5) is 12.9. The Bertz CT molecular complexity index is 750. The number of carbonyl (C=O) groups excluding carboxylic acids is 1. The molecular formula is C19H20N2O3. The molecule has 1 amide bonds. The summed E-state index contributed by atoms with van der Waals surface area (Å²) in [7, 11) is 3.21. The summed E-state index contributed by atoms with van der Waals surface area (Å²) in [6.07, 6.45) is 4.15. The summed E-state index contributed by atoms with van der Waals surface area (Å²) in [6, 6.07) is 14.2. The van der Waals surface area contributed by atoms with Crippen LogP contribution in [0.15, 0.2) is 48.5 Å². The Morgan fingerprint density at radius 3 is 2.75 bits per heavy atom. The smallest absolute Gasteiger partial charge is 0.410 e. The summed E-state index contributed by atoms with van der Waals surface area (Å²) in [5, 5.41) is 13.5. The molecule has 0 saturated heterocycles. The van der Waals surface area contributed by atoms with E-state index in [0.29, 0.717) is 17.9 Å². The lowest BCUT2D eigenvalue weighted by molar-refractivity contribution is 0.170. The molecule has 0 radical (unpaired) electrons. The number of benzene rings is 2. The van der Waals surface area contributed by atoms with Crippen LogP contribution in [-0.4, -0.2) is 36.7 Å². The Kier molecular flexibility index (Phi) is 5.83. The molecule has 0 aliphatic carbocycles. The average molecular weight is 324 g/mol. The maximum Gasteiger partial charge on any atom is 0.414 e. The molecule has 0 spiro atoms. The van der Waals surface area contributed by atoms with Crippen LogP contribution >= 0.6 is 0 Å². The van der Waals surface area contributed by atoms with Crippen molar-refractivity contribution in [1.82, 2.24) is 4.90 Å². The van der Waals surface area contributed by atoms with Crippen LogP contribution in [0.1, 0.15) is 17.2 Å². The lowest BCUT2D eigenvalue weighted by atomic mass is 10.1. The Balaban J connectivity index is 2.00. The second kappa shape index (κ2) is 8.04. The monoisotopic (exact) mass is 324 g/mol. The van der Waals surface area contributed by atoms with Crippen molar-refractivity contribution in [2.24, 2.45) is 0 Å². The van der Waals surface area contributed by atoms with E-state index in [2.05, 4.69) is 11.2 Å². The number of amides is 1. The van der Waals surface area contributed by atoms with E-state index in [9.17, 15) is 9.90 Å². The lowest BCUT2D eigenvalue weighted by Gasteiger charge is -2.15. The highest BCUT2D eigenvalue weighted by Crippen LogP contribution is 2.21. The number of aliphatic hydroxyl groups is 1. The maximum atomic E-state index is 11.6. The van der Waals surface area contributed by atoms with Crippen molar-refractivity contribution in [1.29, 1.82) is 0 Å². The lowest BCUT2D eigenvalue weighted by Crippen LogP contribution is -2.25. The van der Waals surface area contributed by atoms with E-state index in [1.165, 1.54) is 4.90 Å². The van der Waals surface area contributed by atoms with Crippen LogP contribution in [0.5, 0.6) is 5.75 Å².